The van der Waals surface area contributed by atoms with E-state index in [9.17, 15) is 4.79 Å². The minimum absolute atomic E-state index is 0.262. The maximum absolute atomic E-state index is 12.0. The number of thiocarbonyl (C=S) groups is 1. The fourth-order valence-electron chi connectivity index (χ4n) is 1.76. The van der Waals surface area contributed by atoms with Gasteiger partial charge in [-0.1, -0.05) is 17.7 Å². The molecule has 0 spiro atoms. The molecular weight excluding hydrogens is 304 g/mol. The molecule has 5 heteroatoms. The van der Waals surface area contributed by atoms with Gasteiger partial charge in [0.2, 0.25) is 0 Å². The number of aryl methyl sites for hydroxylation is 2. The van der Waals surface area contributed by atoms with Crippen LogP contribution in [-0.4, -0.2) is 11.0 Å². The second-order valence-electron chi connectivity index (χ2n) is 4.71. The van der Waals surface area contributed by atoms with Gasteiger partial charge in [0, 0.05) is 16.3 Å². The number of nitrogens with one attached hydrogen (secondary N) is 2. The Balaban J connectivity index is 1.99. The van der Waals surface area contributed by atoms with Crippen LogP contribution in [0.2, 0.25) is 5.02 Å². The first-order chi connectivity index (χ1) is 9.95. The number of carbonyl (C=O) groups is 1. The average molecular weight is 319 g/mol. The summed E-state index contributed by atoms with van der Waals surface area (Å²) < 4.78 is 0. The summed E-state index contributed by atoms with van der Waals surface area (Å²) in [6.45, 7) is 4.07. The number of hydrogen-bond acceptors (Lipinski definition) is 2. The zero-order chi connectivity index (χ0) is 15.4. The van der Waals surface area contributed by atoms with Crippen molar-refractivity contribution in [3.8, 4) is 0 Å². The Morgan fingerprint density at radius 2 is 1.71 bits per heavy atom. The Kier molecular flexibility index (Phi) is 4.94. The number of benzene rings is 2. The van der Waals surface area contributed by atoms with Crippen LogP contribution in [0.1, 0.15) is 21.5 Å². The van der Waals surface area contributed by atoms with Crippen molar-refractivity contribution in [1.82, 2.24) is 5.32 Å². The van der Waals surface area contributed by atoms with Gasteiger partial charge in [0.15, 0.2) is 5.11 Å². The number of amides is 1. The van der Waals surface area contributed by atoms with E-state index in [0.29, 0.717) is 10.6 Å². The molecule has 1 amide bonds. The van der Waals surface area contributed by atoms with Crippen LogP contribution in [0.15, 0.2) is 42.5 Å². The third-order valence-corrected chi connectivity index (χ3v) is 3.55. The molecule has 108 valence electrons. The lowest BCUT2D eigenvalue weighted by Crippen LogP contribution is -2.34. The van der Waals surface area contributed by atoms with Crippen molar-refractivity contribution in [3.05, 3.63) is 64.2 Å². The molecule has 0 aliphatic heterocycles. The summed E-state index contributed by atoms with van der Waals surface area (Å²) in [5.41, 5.74) is 3.71. The van der Waals surface area contributed by atoms with Crippen molar-refractivity contribution < 1.29 is 4.79 Å². The molecule has 0 radical (unpaired) electrons. The zero-order valence-corrected chi connectivity index (χ0v) is 13.3. The lowest BCUT2D eigenvalue weighted by atomic mass is 10.1. The molecule has 0 atom stereocenters. The van der Waals surface area contributed by atoms with Crippen LogP contribution in [0.5, 0.6) is 0 Å². The van der Waals surface area contributed by atoms with Crippen LogP contribution in [0.4, 0.5) is 5.69 Å². The molecule has 21 heavy (non-hydrogen) atoms. The molecule has 2 aromatic rings. The fourth-order valence-corrected chi connectivity index (χ4v) is 2.09. The molecule has 0 aliphatic rings. The number of anilines is 1. The summed E-state index contributed by atoms with van der Waals surface area (Å²) in [6.07, 6.45) is 0. The Labute approximate surface area is 134 Å². The quantitative estimate of drug-likeness (QED) is 0.820. The van der Waals surface area contributed by atoms with E-state index < -0.39 is 0 Å². The smallest absolute Gasteiger partial charge is 0.257 e. The van der Waals surface area contributed by atoms with Gasteiger partial charge in [0.05, 0.1) is 0 Å². The molecule has 0 fully saturated rings. The molecule has 2 aromatic carbocycles. The Hall–Kier alpha value is -1.91. The fraction of sp³-hybridized carbons (Fsp3) is 0.125. The van der Waals surface area contributed by atoms with E-state index in [2.05, 4.69) is 10.6 Å². The van der Waals surface area contributed by atoms with Crippen molar-refractivity contribution in [2.45, 2.75) is 13.8 Å². The molecular formula is C16H15ClN2OS. The third kappa shape index (κ3) is 4.28. The van der Waals surface area contributed by atoms with E-state index in [4.69, 9.17) is 23.8 Å². The average Bonchev–Trinajstić information content (AvgIpc) is 2.43. The van der Waals surface area contributed by atoms with E-state index >= 15 is 0 Å². The van der Waals surface area contributed by atoms with Gasteiger partial charge in [-0.3, -0.25) is 10.1 Å². The first kappa shape index (κ1) is 15.5. The second kappa shape index (κ2) is 6.70. The normalized spacial score (nSPS) is 10.0. The lowest BCUT2D eigenvalue weighted by molar-refractivity contribution is 0.0978. The molecule has 3 nitrogen and oxygen atoms in total. The number of carbonyl (C=O) groups excluding carboxylic acids is 1. The van der Waals surface area contributed by atoms with Crippen molar-refractivity contribution in [1.29, 1.82) is 0 Å². The van der Waals surface area contributed by atoms with Gasteiger partial charge in [0.25, 0.3) is 5.91 Å². The van der Waals surface area contributed by atoms with Crippen molar-refractivity contribution >= 4 is 40.5 Å². The van der Waals surface area contributed by atoms with Crippen LogP contribution < -0.4 is 10.6 Å². The molecule has 0 saturated carbocycles. The van der Waals surface area contributed by atoms with E-state index in [0.717, 1.165) is 11.3 Å². The minimum atomic E-state index is -0.270. The highest BCUT2D eigenvalue weighted by Crippen LogP contribution is 2.14. The van der Waals surface area contributed by atoms with Crippen molar-refractivity contribution in [2.75, 3.05) is 5.32 Å². The van der Waals surface area contributed by atoms with Gasteiger partial charge in [-0.05, 0) is 73.6 Å². The third-order valence-electron chi connectivity index (χ3n) is 3.10. The Bertz CT molecular complexity index is 683. The van der Waals surface area contributed by atoms with E-state index in [1.165, 1.54) is 5.56 Å². The van der Waals surface area contributed by atoms with E-state index in [-0.39, 0.29) is 11.0 Å². The molecule has 0 aromatic heterocycles. The summed E-state index contributed by atoms with van der Waals surface area (Å²) in [4.78, 5) is 12.0. The standard InChI is InChI=1S/C16H15ClN2OS/c1-10-3-8-14(9-11(10)2)18-16(21)19-15(20)12-4-6-13(17)7-5-12/h3-9H,1-2H3,(H2,18,19,20,21). The summed E-state index contributed by atoms with van der Waals surface area (Å²) >= 11 is 10.9. The Morgan fingerprint density at radius 1 is 1.05 bits per heavy atom. The number of hydrogen-bond donors (Lipinski definition) is 2. The molecule has 0 saturated heterocycles. The molecule has 0 aliphatic carbocycles. The number of rotatable bonds is 2. The van der Waals surface area contributed by atoms with Crippen molar-refractivity contribution in [3.63, 3.8) is 0 Å². The molecule has 0 bridgehead atoms. The molecule has 2 N–H and O–H groups in total. The summed E-state index contributed by atoms with van der Waals surface area (Å²) in [7, 11) is 0. The van der Waals surface area contributed by atoms with Crippen LogP contribution in [-0.2, 0) is 0 Å². The summed E-state index contributed by atoms with van der Waals surface area (Å²) in [6, 6.07) is 12.5. The van der Waals surface area contributed by atoms with Gasteiger partial charge in [-0.2, -0.15) is 0 Å². The minimum Gasteiger partial charge on any atom is -0.332 e. The maximum Gasteiger partial charge on any atom is 0.257 e. The topological polar surface area (TPSA) is 41.1 Å². The van der Waals surface area contributed by atoms with E-state index in [1.54, 1.807) is 24.3 Å². The van der Waals surface area contributed by atoms with Gasteiger partial charge >= 0.3 is 0 Å². The van der Waals surface area contributed by atoms with Crippen LogP contribution in [0, 0.1) is 13.8 Å². The van der Waals surface area contributed by atoms with Gasteiger partial charge < -0.3 is 5.32 Å². The highest BCUT2D eigenvalue weighted by atomic mass is 35.5. The Morgan fingerprint density at radius 3 is 2.33 bits per heavy atom. The second-order valence-corrected chi connectivity index (χ2v) is 5.56. The largest absolute Gasteiger partial charge is 0.332 e. The highest BCUT2D eigenvalue weighted by molar-refractivity contribution is 7.80. The zero-order valence-electron chi connectivity index (χ0n) is 11.7. The summed E-state index contributed by atoms with van der Waals surface area (Å²) in [5.74, 6) is -0.270. The molecule has 0 unspecified atom stereocenters. The first-order valence-corrected chi connectivity index (χ1v) is 7.19. The predicted octanol–water partition coefficient (Wildman–Crippen LogP) is 4.08. The van der Waals surface area contributed by atoms with Crippen LogP contribution >= 0.6 is 23.8 Å². The highest BCUT2D eigenvalue weighted by Gasteiger charge is 2.08. The maximum atomic E-state index is 12.0. The van der Waals surface area contributed by atoms with Crippen LogP contribution in [0.3, 0.4) is 0 Å². The van der Waals surface area contributed by atoms with Gasteiger partial charge in [-0.15, -0.1) is 0 Å². The SMILES string of the molecule is Cc1ccc(NC(=S)NC(=O)c2ccc(Cl)cc2)cc1C. The monoisotopic (exact) mass is 318 g/mol. The number of halogens is 1. The summed E-state index contributed by atoms with van der Waals surface area (Å²) in [5, 5.41) is 6.48. The van der Waals surface area contributed by atoms with Crippen LogP contribution in [0.25, 0.3) is 0 Å². The molecule has 2 rings (SSSR count). The van der Waals surface area contributed by atoms with Gasteiger partial charge in [-0.25, -0.2) is 0 Å². The van der Waals surface area contributed by atoms with Crippen molar-refractivity contribution in [2.24, 2.45) is 0 Å². The lowest BCUT2D eigenvalue weighted by Gasteiger charge is -2.11. The predicted molar refractivity (Wildman–Crippen MR) is 91.1 cm³/mol. The van der Waals surface area contributed by atoms with E-state index in [1.807, 2.05) is 32.0 Å². The van der Waals surface area contributed by atoms with Gasteiger partial charge in [0.1, 0.15) is 0 Å². The first-order valence-electron chi connectivity index (χ1n) is 6.41. The molecule has 0 heterocycles.